The molecule has 0 radical (unpaired) electrons. The summed E-state index contributed by atoms with van der Waals surface area (Å²) in [6.45, 7) is 3.64. The summed E-state index contributed by atoms with van der Waals surface area (Å²) in [5.41, 5.74) is 0.661. The van der Waals surface area contributed by atoms with E-state index in [4.69, 9.17) is 6.42 Å². The van der Waals surface area contributed by atoms with Crippen LogP contribution in [0.4, 0.5) is 4.39 Å². The summed E-state index contributed by atoms with van der Waals surface area (Å²) in [5, 5.41) is 10.9. The molecule has 0 bridgehead atoms. The van der Waals surface area contributed by atoms with Gasteiger partial charge in [0.1, 0.15) is 11.6 Å². The van der Waals surface area contributed by atoms with Crippen molar-refractivity contribution in [3.8, 4) is 18.0 Å². The number of carbonyl (C=O) groups is 1. The number of carbonyl (C=O) groups excluding carboxylic acids is 1. The van der Waals surface area contributed by atoms with Crippen molar-refractivity contribution in [3.05, 3.63) is 47.8 Å². The molecule has 1 aliphatic rings. The highest BCUT2D eigenvalue weighted by Crippen LogP contribution is 2.37. The van der Waals surface area contributed by atoms with Gasteiger partial charge in [0.2, 0.25) is 5.91 Å². The van der Waals surface area contributed by atoms with Crippen molar-refractivity contribution in [1.82, 2.24) is 14.9 Å². The third kappa shape index (κ3) is 4.40. The molecule has 7 heteroatoms. The molecule has 0 saturated carbocycles. The molecule has 2 heterocycles. The Labute approximate surface area is 157 Å². The van der Waals surface area contributed by atoms with Crippen molar-refractivity contribution >= 4 is 5.91 Å². The van der Waals surface area contributed by atoms with E-state index in [1.54, 1.807) is 23.0 Å². The lowest BCUT2D eigenvalue weighted by molar-refractivity contribution is -0.122. The predicted octanol–water partition coefficient (Wildman–Crippen LogP) is 3.85. The molecule has 6 nitrogen and oxygen atoms in total. The average Bonchev–Trinajstić information content (AvgIpc) is 3.30. The largest absolute Gasteiger partial charge is 0.350 e. The molecule has 1 N–H and O–H groups in total. The zero-order valence-electron chi connectivity index (χ0n) is 15.4. The van der Waals surface area contributed by atoms with Gasteiger partial charge in [0.25, 0.3) is 0 Å². The summed E-state index contributed by atoms with van der Waals surface area (Å²) in [5.74, 6) is 2.79. The molecule has 1 atom stereocenters. The second-order valence-electron chi connectivity index (χ2n) is 6.73. The van der Waals surface area contributed by atoms with Crippen LogP contribution in [0.5, 0.6) is 0 Å². The minimum absolute atomic E-state index is 0.116. The minimum atomic E-state index is -0.469. The smallest absolute Gasteiger partial charge is 0.220 e. The fourth-order valence-electron chi connectivity index (χ4n) is 3.00. The van der Waals surface area contributed by atoms with Crippen molar-refractivity contribution in [1.29, 1.82) is 0 Å². The van der Waals surface area contributed by atoms with Gasteiger partial charge in [-0.3, -0.25) is 4.79 Å². The number of hydrogen-bond acceptors (Lipinski definition) is 4. The zero-order chi connectivity index (χ0) is 19.4. The first-order valence-corrected chi connectivity index (χ1v) is 8.91. The number of benzene rings is 1. The number of rotatable bonds is 8. The number of terminal acetylenes is 1. The highest BCUT2D eigenvalue weighted by Gasteiger charge is 2.39. The number of halogens is 1. The first-order chi connectivity index (χ1) is 12.9. The van der Waals surface area contributed by atoms with Crippen LogP contribution < -0.4 is 5.32 Å². The summed E-state index contributed by atoms with van der Waals surface area (Å²) in [6.07, 6.45) is 10.7. The van der Waals surface area contributed by atoms with Gasteiger partial charge < -0.3 is 9.88 Å². The van der Waals surface area contributed by atoms with Crippen molar-refractivity contribution in [2.75, 3.05) is 0 Å². The van der Waals surface area contributed by atoms with Crippen LogP contribution in [0.15, 0.2) is 40.8 Å². The number of imidazole rings is 1. The molecule has 1 aliphatic heterocycles. The van der Waals surface area contributed by atoms with Gasteiger partial charge in [-0.25, -0.2) is 9.37 Å². The van der Waals surface area contributed by atoms with Crippen molar-refractivity contribution in [2.24, 2.45) is 10.2 Å². The van der Waals surface area contributed by atoms with Crippen LogP contribution in [0, 0.1) is 25.1 Å². The Hall–Kier alpha value is -3.01. The van der Waals surface area contributed by atoms with E-state index < -0.39 is 5.66 Å². The molecule has 140 valence electrons. The van der Waals surface area contributed by atoms with E-state index in [2.05, 4.69) is 26.4 Å². The number of hydrogen-bond donors (Lipinski definition) is 1. The lowest BCUT2D eigenvalue weighted by Gasteiger charge is -2.16. The van der Waals surface area contributed by atoms with Crippen molar-refractivity contribution in [3.63, 3.8) is 0 Å². The summed E-state index contributed by atoms with van der Waals surface area (Å²) in [6, 6.07) is 4.64. The molecule has 1 aromatic carbocycles. The molecular weight excluding hydrogens is 345 g/mol. The topological polar surface area (TPSA) is 71.6 Å². The number of nitrogens with one attached hydrogen (secondary N) is 1. The fourth-order valence-corrected chi connectivity index (χ4v) is 3.00. The fraction of sp³-hybridized carbons (Fsp3) is 0.400. The summed E-state index contributed by atoms with van der Waals surface area (Å²) < 4.78 is 16.2. The van der Waals surface area contributed by atoms with Gasteiger partial charge in [-0.05, 0) is 31.5 Å². The van der Waals surface area contributed by atoms with Crippen LogP contribution in [-0.2, 0) is 4.79 Å². The van der Waals surface area contributed by atoms with Crippen LogP contribution in [-0.4, -0.2) is 21.1 Å². The Morgan fingerprint density at radius 1 is 1.41 bits per heavy atom. The Balaban J connectivity index is 1.57. The summed E-state index contributed by atoms with van der Waals surface area (Å²) in [7, 11) is 0. The molecule has 0 fully saturated rings. The van der Waals surface area contributed by atoms with Crippen LogP contribution in [0.25, 0.3) is 5.69 Å². The van der Waals surface area contributed by atoms with E-state index in [-0.39, 0.29) is 17.8 Å². The highest BCUT2D eigenvalue weighted by atomic mass is 19.1. The maximum absolute atomic E-state index is 14.5. The predicted molar refractivity (Wildman–Crippen MR) is 99.7 cm³/mol. The van der Waals surface area contributed by atoms with Crippen LogP contribution in [0.2, 0.25) is 0 Å². The molecule has 0 aliphatic carbocycles. The lowest BCUT2D eigenvalue weighted by atomic mass is 10.0. The maximum atomic E-state index is 14.5. The van der Waals surface area contributed by atoms with E-state index in [9.17, 15) is 9.18 Å². The van der Waals surface area contributed by atoms with E-state index in [1.165, 1.54) is 6.07 Å². The summed E-state index contributed by atoms with van der Waals surface area (Å²) >= 11 is 0. The normalized spacial score (nSPS) is 15.2. The SMILES string of the molecule is C#CCCC1(CCC(=O)NC(C)c2ccc(-n3ccnc3C)c(F)c2)N=N1. The first-order valence-electron chi connectivity index (χ1n) is 8.91. The number of nitrogens with zero attached hydrogens (tertiary/aromatic N) is 4. The second kappa shape index (κ2) is 7.70. The van der Waals surface area contributed by atoms with Crippen molar-refractivity contribution in [2.45, 2.75) is 51.2 Å². The van der Waals surface area contributed by atoms with E-state index >= 15 is 0 Å². The maximum Gasteiger partial charge on any atom is 0.220 e. The third-order valence-electron chi connectivity index (χ3n) is 4.74. The van der Waals surface area contributed by atoms with E-state index in [0.29, 0.717) is 42.8 Å². The number of amides is 1. The first kappa shape index (κ1) is 18.8. The van der Waals surface area contributed by atoms with Gasteiger partial charge in [0, 0.05) is 38.1 Å². The second-order valence-corrected chi connectivity index (χ2v) is 6.73. The van der Waals surface area contributed by atoms with Gasteiger partial charge in [-0.1, -0.05) is 6.07 Å². The third-order valence-corrected chi connectivity index (χ3v) is 4.74. The Morgan fingerprint density at radius 3 is 2.78 bits per heavy atom. The molecule has 1 amide bonds. The van der Waals surface area contributed by atoms with Crippen LogP contribution in [0.1, 0.15) is 50.0 Å². The number of aromatic nitrogens is 2. The molecular formula is C20H22FN5O. The lowest BCUT2D eigenvalue weighted by Crippen LogP contribution is -2.28. The molecule has 0 spiro atoms. The monoisotopic (exact) mass is 367 g/mol. The van der Waals surface area contributed by atoms with Gasteiger partial charge in [0.15, 0.2) is 5.66 Å². The quantitative estimate of drug-likeness (QED) is 0.720. The van der Waals surface area contributed by atoms with Gasteiger partial charge >= 0.3 is 0 Å². The van der Waals surface area contributed by atoms with E-state index in [0.717, 1.165) is 0 Å². The van der Waals surface area contributed by atoms with Crippen molar-refractivity contribution < 1.29 is 9.18 Å². The highest BCUT2D eigenvalue weighted by molar-refractivity contribution is 5.76. The minimum Gasteiger partial charge on any atom is -0.350 e. The molecule has 27 heavy (non-hydrogen) atoms. The molecule has 2 aromatic rings. The average molecular weight is 367 g/mol. The molecule has 1 unspecified atom stereocenters. The van der Waals surface area contributed by atoms with Gasteiger partial charge in [-0.2, -0.15) is 10.2 Å². The Kier molecular flexibility index (Phi) is 5.36. The van der Waals surface area contributed by atoms with Crippen LogP contribution >= 0.6 is 0 Å². The zero-order valence-corrected chi connectivity index (χ0v) is 15.4. The standard InChI is InChI=1S/C20H22FN5O/c1-4-5-9-20(24-25-20)10-8-19(27)23-14(2)16-6-7-18(17(21)13-16)26-12-11-22-15(26)3/h1,6-7,11-14H,5,8-10H2,2-3H3,(H,23,27). The molecule has 1 aromatic heterocycles. The molecule has 3 rings (SSSR count). The Bertz CT molecular complexity index is 905. The van der Waals surface area contributed by atoms with E-state index in [1.807, 2.05) is 19.9 Å². The van der Waals surface area contributed by atoms with Gasteiger partial charge in [0.05, 0.1) is 11.7 Å². The van der Waals surface area contributed by atoms with Crippen LogP contribution in [0.3, 0.4) is 0 Å². The summed E-state index contributed by atoms with van der Waals surface area (Å²) in [4.78, 5) is 16.3. The molecule has 0 saturated heterocycles. The number of aryl methyl sites for hydroxylation is 1. The Morgan fingerprint density at radius 2 is 2.19 bits per heavy atom. The van der Waals surface area contributed by atoms with Gasteiger partial charge in [-0.15, -0.1) is 12.3 Å².